The van der Waals surface area contributed by atoms with Crippen molar-refractivity contribution in [3.05, 3.63) is 65.7 Å². The van der Waals surface area contributed by atoms with Crippen molar-refractivity contribution in [2.24, 2.45) is 11.8 Å². The van der Waals surface area contributed by atoms with E-state index in [0.29, 0.717) is 23.5 Å². The summed E-state index contributed by atoms with van der Waals surface area (Å²) < 4.78 is 5.97. The number of fused-ring (bicyclic) bond motifs is 3. The van der Waals surface area contributed by atoms with E-state index in [0.717, 1.165) is 36.4 Å². The van der Waals surface area contributed by atoms with Crippen LogP contribution in [0.2, 0.25) is 0 Å². The van der Waals surface area contributed by atoms with Crippen LogP contribution in [0.1, 0.15) is 49.8 Å². The van der Waals surface area contributed by atoms with Crippen molar-refractivity contribution in [3.8, 4) is 11.5 Å². The highest BCUT2D eigenvalue weighted by molar-refractivity contribution is 5.62. The lowest BCUT2D eigenvalue weighted by Crippen LogP contribution is -2.29. The van der Waals surface area contributed by atoms with Gasteiger partial charge in [-0.25, -0.2) is 0 Å². The van der Waals surface area contributed by atoms with Crippen molar-refractivity contribution in [1.82, 2.24) is 0 Å². The fourth-order valence-corrected chi connectivity index (χ4v) is 4.13. The van der Waals surface area contributed by atoms with Crippen LogP contribution in [0, 0.1) is 11.8 Å². The molecule has 1 heterocycles. The van der Waals surface area contributed by atoms with Crippen LogP contribution in [0.25, 0.3) is 0 Å². The van der Waals surface area contributed by atoms with Gasteiger partial charge in [0.1, 0.15) is 11.5 Å². The van der Waals surface area contributed by atoms with Gasteiger partial charge < -0.3 is 15.2 Å². The Morgan fingerprint density at radius 2 is 2.00 bits per heavy atom. The Labute approximate surface area is 155 Å². The molecular weight excluding hydrogens is 322 g/mol. The predicted molar refractivity (Wildman–Crippen MR) is 106 cm³/mol. The monoisotopic (exact) mass is 349 g/mol. The van der Waals surface area contributed by atoms with Crippen LogP contribution < -0.4 is 10.1 Å². The molecule has 0 fully saturated rings. The lowest BCUT2D eigenvalue weighted by atomic mass is 9.77. The summed E-state index contributed by atoms with van der Waals surface area (Å²) in [4.78, 5) is 0. The van der Waals surface area contributed by atoms with Gasteiger partial charge in [-0.1, -0.05) is 44.2 Å². The van der Waals surface area contributed by atoms with Gasteiger partial charge in [0.2, 0.25) is 0 Å². The molecule has 0 spiro atoms. The molecule has 3 atom stereocenters. The van der Waals surface area contributed by atoms with Crippen LogP contribution >= 0.6 is 0 Å². The zero-order valence-electron chi connectivity index (χ0n) is 15.5. The topological polar surface area (TPSA) is 41.5 Å². The van der Waals surface area contributed by atoms with E-state index in [2.05, 4.69) is 43.4 Å². The molecule has 3 nitrogen and oxygen atoms in total. The molecular formula is C23H27NO2. The number of nitrogens with one attached hydrogen (secondary N) is 1. The van der Waals surface area contributed by atoms with Crippen LogP contribution in [0.4, 0.5) is 5.69 Å². The second-order valence-electron chi connectivity index (χ2n) is 7.81. The van der Waals surface area contributed by atoms with E-state index in [9.17, 15) is 5.11 Å². The predicted octanol–water partition coefficient (Wildman–Crippen LogP) is 5.64. The molecule has 0 radical (unpaired) electrons. The SMILES string of the molecule is CC(C)CCOc1ccc2c(c1)C1C=CCC1C(c1ccccc1O)N2. The summed E-state index contributed by atoms with van der Waals surface area (Å²) in [7, 11) is 0. The highest BCUT2D eigenvalue weighted by Crippen LogP contribution is 2.51. The molecule has 2 N–H and O–H groups in total. The highest BCUT2D eigenvalue weighted by Gasteiger charge is 2.38. The Balaban J connectivity index is 1.62. The number of anilines is 1. The van der Waals surface area contributed by atoms with Gasteiger partial charge in [-0.3, -0.25) is 0 Å². The number of rotatable bonds is 5. The van der Waals surface area contributed by atoms with Gasteiger partial charge in [-0.05, 0) is 54.5 Å². The summed E-state index contributed by atoms with van der Waals surface area (Å²) in [6, 6.07) is 14.2. The maximum Gasteiger partial charge on any atom is 0.120 e. The van der Waals surface area contributed by atoms with Crippen LogP contribution in [-0.2, 0) is 0 Å². The van der Waals surface area contributed by atoms with Crippen molar-refractivity contribution < 1.29 is 9.84 Å². The number of hydrogen-bond donors (Lipinski definition) is 2. The van der Waals surface area contributed by atoms with Crippen LogP contribution in [-0.4, -0.2) is 11.7 Å². The van der Waals surface area contributed by atoms with E-state index in [-0.39, 0.29) is 6.04 Å². The minimum Gasteiger partial charge on any atom is -0.508 e. The summed E-state index contributed by atoms with van der Waals surface area (Å²) >= 11 is 0. The Morgan fingerprint density at radius 3 is 2.81 bits per heavy atom. The van der Waals surface area contributed by atoms with E-state index >= 15 is 0 Å². The maximum atomic E-state index is 10.3. The number of para-hydroxylation sites is 1. The smallest absolute Gasteiger partial charge is 0.120 e. The normalized spacial score (nSPS) is 23.4. The van der Waals surface area contributed by atoms with Gasteiger partial charge in [0.05, 0.1) is 12.6 Å². The summed E-state index contributed by atoms with van der Waals surface area (Å²) in [5, 5.41) is 14.0. The number of phenols is 1. The Hall–Kier alpha value is -2.42. The standard InChI is InChI=1S/C23H27NO2/c1-15(2)12-13-26-16-10-11-21-20(14-16)17-7-5-8-18(17)23(24-21)19-6-3-4-9-22(19)25/h3-7,9-11,14-15,17-18,23-25H,8,12-13H2,1-2H3. The first-order chi connectivity index (χ1) is 12.6. The van der Waals surface area contributed by atoms with E-state index in [1.54, 1.807) is 6.07 Å². The molecule has 4 rings (SSSR count). The van der Waals surface area contributed by atoms with Crippen molar-refractivity contribution in [3.63, 3.8) is 0 Å². The number of hydrogen-bond acceptors (Lipinski definition) is 3. The third kappa shape index (κ3) is 3.18. The van der Waals surface area contributed by atoms with E-state index in [4.69, 9.17) is 4.74 Å². The maximum absolute atomic E-state index is 10.3. The summed E-state index contributed by atoms with van der Waals surface area (Å²) in [6.45, 7) is 5.19. The fourth-order valence-electron chi connectivity index (χ4n) is 4.13. The van der Waals surface area contributed by atoms with Gasteiger partial charge >= 0.3 is 0 Å². The molecule has 3 heteroatoms. The summed E-state index contributed by atoms with van der Waals surface area (Å²) in [6.07, 6.45) is 6.67. The minimum absolute atomic E-state index is 0.122. The molecule has 26 heavy (non-hydrogen) atoms. The molecule has 136 valence electrons. The van der Waals surface area contributed by atoms with Crippen molar-refractivity contribution in [2.45, 2.75) is 38.6 Å². The zero-order chi connectivity index (χ0) is 18.1. The van der Waals surface area contributed by atoms with Gasteiger partial charge in [0.25, 0.3) is 0 Å². The molecule has 1 aliphatic carbocycles. The molecule has 0 amide bonds. The third-order valence-electron chi connectivity index (χ3n) is 5.57. The van der Waals surface area contributed by atoms with Crippen LogP contribution in [0.15, 0.2) is 54.6 Å². The molecule has 3 unspecified atom stereocenters. The Kier molecular flexibility index (Phi) is 4.62. The first-order valence-corrected chi connectivity index (χ1v) is 9.61. The second-order valence-corrected chi connectivity index (χ2v) is 7.81. The molecule has 0 bridgehead atoms. The van der Waals surface area contributed by atoms with Crippen molar-refractivity contribution in [2.75, 3.05) is 11.9 Å². The van der Waals surface area contributed by atoms with Gasteiger partial charge in [0, 0.05) is 17.2 Å². The minimum atomic E-state index is 0.122. The van der Waals surface area contributed by atoms with Crippen molar-refractivity contribution >= 4 is 5.69 Å². The fraction of sp³-hybridized carbons (Fsp3) is 0.391. The lowest BCUT2D eigenvalue weighted by molar-refractivity contribution is 0.288. The number of phenolic OH excluding ortho intramolecular Hbond substituents is 1. The number of aromatic hydroxyl groups is 1. The van der Waals surface area contributed by atoms with Gasteiger partial charge in [0.15, 0.2) is 0 Å². The van der Waals surface area contributed by atoms with Crippen molar-refractivity contribution in [1.29, 1.82) is 0 Å². The largest absolute Gasteiger partial charge is 0.508 e. The molecule has 1 aliphatic heterocycles. The van der Waals surface area contributed by atoms with E-state index in [1.807, 2.05) is 24.3 Å². The summed E-state index contributed by atoms with van der Waals surface area (Å²) in [5.41, 5.74) is 3.42. The second kappa shape index (κ2) is 7.06. The molecule has 0 saturated carbocycles. The number of benzene rings is 2. The third-order valence-corrected chi connectivity index (χ3v) is 5.57. The average molecular weight is 349 g/mol. The van der Waals surface area contributed by atoms with Crippen LogP contribution in [0.3, 0.4) is 0 Å². The number of ether oxygens (including phenoxy) is 1. The molecule has 0 saturated heterocycles. The quantitative estimate of drug-likeness (QED) is 0.686. The molecule has 2 aromatic rings. The molecule has 0 aromatic heterocycles. The zero-order valence-corrected chi connectivity index (χ0v) is 15.5. The number of allylic oxidation sites excluding steroid dienone is 2. The summed E-state index contributed by atoms with van der Waals surface area (Å²) in [5.74, 6) is 2.75. The van der Waals surface area contributed by atoms with Gasteiger partial charge in [-0.2, -0.15) is 0 Å². The van der Waals surface area contributed by atoms with Crippen LogP contribution in [0.5, 0.6) is 11.5 Å². The average Bonchev–Trinajstić information content (AvgIpc) is 3.11. The van der Waals surface area contributed by atoms with E-state index in [1.165, 1.54) is 5.56 Å². The Morgan fingerprint density at radius 1 is 1.15 bits per heavy atom. The lowest BCUT2D eigenvalue weighted by Gasteiger charge is -2.37. The first-order valence-electron chi connectivity index (χ1n) is 9.61. The molecule has 2 aromatic carbocycles. The first kappa shape index (κ1) is 17.0. The highest BCUT2D eigenvalue weighted by atomic mass is 16.5. The Bertz CT molecular complexity index is 812. The molecule has 2 aliphatic rings. The van der Waals surface area contributed by atoms with E-state index < -0.39 is 0 Å². The van der Waals surface area contributed by atoms with Gasteiger partial charge in [-0.15, -0.1) is 0 Å².